The number of rotatable bonds is 4. The van der Waals surface area contributed by atoms with Gasteiger partial charge in [0.05, 0.1) is 0 Å². The Balaban J connectivity index is 2.04. The lowest BCUT2D eigenvalue weighted by Crippen LogP contribution is -2.27. The molecule has 0 spiro atoms. The molecule has 1 aromatic carbocycles. The van der Waals surface area contributed by atoms with Crippen LogP contribution in [-0.2, 0) is 0 Å². The summed E-state index contributed by atoms with van der Waals surface area (Å²) in [4.78, 5) is 2.38. The minimum absolute atomic E-state index is 0.554. The van der Waals surface area contributed by atoms with Crippen molar-refractivity contribution in [1.29, 1.82) is 0 Å². The molecule has 82 valence electrons. The van der Waals surface area contributed by atoms with E-state index >= 15 is 0 Å². The van der Waals surface area contributed by atoms with E-state index in [2.05, 4.69) is 59.1 Å². The summed E-state index contributed by atoms with van der Waals surface area (Å²) in [6.07, 6.45) is 2.74. The molecule has 0 N–H and O–H groups in total. The second-order valence-corrected chi connectivity index (χ2v) is 5.39. The zero-order valence-electron chi connectivity index (χ0n) is 9.46. The number of anilines is 1. The number of halogens is 1. The maximum atomic E-state index is 3.62. The van der Waals surface area contributed by atoms with E-state index in [0.29, 0.717) is 5.41 Å². The Kier molecular flexibility index (Phi) is 3.06. The zero-order chi connectivity index (χ0) is 10.9. The van der Waals surface area contributed by atoms with Gasteiger partial charge in [0.2, 0.25) is 0 Å². The Morgan fingerprint density at radius 2 is 2.13 bits per heavy atom. The third-order valence-corrected chi connectivity index (χ3v) is 4.45. The van der Waals surface area contributed by atoms with Gasteiger partial charge in [-0.05, 0) is 42.9 Å². The maximum Gasteiger partial charge on any atom is 0.0366 e. The van der Waals surface area contributed by atoms with E-state index in [9.17, 15) is 0 Å². The second kappa shape index (κ2) is 4.17. The standard InChI is InChI=1S/C13H18BrN/c1-11-4-3-5-12(8-11)15(2)10-13(9-14)6-7-13/h3-5,8H,6-7,9-10H2,1-2H3. The molecule has 0 bridgehead atoms. The first kappa shape index (κ1) is 11.0. The van der Waals surface area contributed by atoms with Crippen LogP contribution in [0.4, 0.5) is 5.69 Å². The molecular weight excluding hydrogens is 250 g/mol. The number of hydrogen-bond acceptors (Lipinski definition) is 1. The Labute approximate surface area is 101 Å². The van der Waals surface area contributed by atoms with Crippen LogP contribution in [0.15, 0.2) is 24.3 Å². The molecule has 2 heteroatoms. The van der Waals surface area contributed by atoms with Gasteiger partial charge in [-0.25, -0.2) is 0 Å². The highest BCUT2D eigenvalue weighted by atomic mass is 79.9. The fraction of sp³-hybridized carbons (Fsp3) is 0.538. The van der Waals surface area contributed by atoms with Crippen LogP contribution >= 0.6 is 15.9 Å². The summed E-state index contributed by atoms with van der Waals surface area (Å²) in [5.74, 6) is 0. The molecule has 0 unspecified atom stereocenters. The Morgan fingerprint density at radius 3 is 2.67 bits per heavy atom. The van der Waals surface area contributed by atoms with Crippen LogP contribution < -0.4 is 4.90 Å². The van der Waals surface area contributed by atoms with Gasteiger partial charge >= 0.3 is 0 Å². The Bertz CT molecular complexity index is 344. The predicted molar refractivity (Wildman–Crippen MR) is 69.9 cm³/mol. The number of nitrogens with zero attached hydrogens (tertiary/aromatic N) is 1. The van der Waals surface area contributed by atoms with Crippen molar-refractivity contribution >= 4 is 21.6 Å². The largest absolute Gasteiger partial charge is 0.374 e. The molecule has 0 aromatic heterocycles. The van der Waals surface area contributed by atoms with Gasteiger partial charge in [-0.2, -0.15) is 0 Å². The molecule has 1 aliphatic carbocycles. The van der Waals surface area contributed by atoms with Gasteiger partial charge in [0, 0.05) is 24.6 Å². The number of aryl methyl sites for hydroxylation is 1. The summed E-state index contributed by atoms with van der Waals surface area (Å²) in [7, 11) is 2.19. The summed E-state index contributed by atoms with van der Waals surface area (Å²) in [6, 6.07) is 8.73. The van der Waals surface area contributed by atoms with E-state index in [-0.39, 0.29) is 0 Å². The average molecular weight is 268 g/mol. The minimum atomic E-state index is 0.554. The first-order valence-electron chi connectivity index (χ1n) is 5.49. The van der Waals surface area contributed by atoms with Crippen LogP contribution in [0.2, 0.25) is 0 Å². The van der Waals surface area contributed by atoms with Crippen LogP contribution in [0.1, 0.15) is 18.4 Å². The summed E-state index contributed by atoms with van der Waals surface area (Å²) in [5, 5.41) is 1.14. The summed E-state index contributed by atoms with van der Waals surface area (Å²) in [6.45, 7) is 3.32. The molecule has 1 fully saturated rings. The van der Waals surface area contributed by atoms with E-state index < -0.39 is 0 Å². The van der Waals surface area contributed by atoms with E-state index in [1.54, 1.807) is 0 Å². The van der Waals surface area contributed by atoms with Crippen LogP contribution in [0, 0.1) is 12.3 Å². The molecule has 0 atom stereocenters. The summed E-state index contributed by atoms with van der Waals surface area (Å²) in [5.41, 5.74) is 3.23. The lowest BCUT2D eigenvalue weighted by Gasteiger charge is -2.24. The van der Waals surface area contributed by atoms with Crippen molar-refractivity contribution in [2.75, 3.05) is 23.8 Å². The molecule has 0 heterocycles. The Hall–Kier alpha value is -0.500. The zero-order valence-corrected chi connectivity index (χ0v) is 11.0. The molecule has 1 aliphatic rings. The van der Waals surface area contributed by atoms with Gasteiger partial charge in [0.1, 0.15) is 0 Å². The molecule has 1 saturated carbocycles. The smallest absolute Gasteiger partial charge is 0.0366 e. The number of benzene rings is 1. The topological polar surface area (TPSA) is 3.24 Å². The van der Waals surface area contributed by atoms with Crippen molar-refractivity contribution in [2.24, 2.45) is 5.41 Å². The molecule has 0 amide bonds. The van der Waals surface area contributed by atoms with Gasteiger partial charge in [0.15, 0.2) is 0 Å². The number of hydrogen-bond donors (Lipinski definition) is 0. The van der Waals surface area contributed by atoms with Crippen molar-refractivity contribution in [3.63, 3.8) is 0 Å². The molecule has 1 nitrogen and oxygen atoms in total. The summed E-state index contributed by atoms with van der Waals surface area (Å²) < 4.78 is 0. The second-order valence-electron chi connectivity index (χ2n) is 4.83. The normalized spacial score (nSPS) is 17.5. The first-order valence-corrected chi connectivity index (χ1v) is 6.61. The van der Waals surface area contributed by atoms with Gasteiger partial charge < -0.3 is 4.90 Å². The number of alkyl halides is 1. The van der Waals surface area contributed by atoms with E-state index in [1.807, 2.05) is 0 Å². The highest BCUT2D eigenvalue weighted by molar-refractivity contribution is 9.09. The van der Waals surface area contributed by atoms with E-state index in [4.69, 9.17) is 0 Å². The molecule has 15 heavy (non-hydrogen) atoms. The van der Waals surface area contributed by atoms with Crippen LogP contribution in [0.25, 0.3) is 0 Å². The maximum absolute atomic E-state index is 3.62. The quantitative estimate of drug-likeness (QED) is 0.754. The fourth-order valence-corrected chi connectivity index (χ4v) is 2.71. The highest BCUT2D eigenvalue weighted by Crippen LogP contribution is 2.47. The molecule has 2 rings (SSSR count). The van der Waals surface area contributed by atoms with Crippen LogP contribution in [0.3, 0.4) is 0 Å². The molecule has 0 saturated heterocycles. The average Bonchev–Trinajstić information content (AvgIpc) is 2.98. The van der Waals surface area contributed by atoms with Crippen molar-refractivity contribution in [3.8, 4) is 0 Å². The third kappa shape index (κ3) is 2.54. The van der Waals surface area contributed by atoms with Crippen molar-refractivity contribution in [2.45, 2.75) is 19.8 Å². The minimum Gasteiger partial charge on any atom is -0.374 e. The Morgan fingerprint density at radius 1 is 1.40 bits per heavy atom. The lowest BCUT2D eigenvalue weighted by atomic mass is 10.1. The highest BCUT2D eigenvalue weighted by Gasteiger charge is 2.42. The van der Waals surface area contributed by atoms with Gasteiger partial charge in [-0.15, -0.1) is 0 Å². The molecular formula is C13H18BrN. The van der Waals surface area contributed by atoms with Gasteiger partial charge in [-0.3, -0.25) is 0 Å². The first-order chi connectivity index (χ1) is 7.15. The van der Waals surface area contributed by atoms with E-state index in [0.717, 1.165) is 5.33 Å². The third-order valence-electron chi connectivity index (χ3n) is 3.26. The van der Waals surface area contributed by atoms with Crippen LogP contribution in [0.5, 0.6) is 0 Å². The van der Waals surface area contributed by atoms with E-state index in [1.165, 1.54) is 30.6 Å². The van der Waals surface area contributed by atoms with Crippen LogP contribution in [-0.4, -0.2) is 18.9 Å². The van der Waals surface area contributed by atoms with Gasteiger partial charge in [0.25, 0.3) is 0 Å². The van der Waals surface area contributed by atoms with Crippen molar-refractivity contribution in [1.82, 2.24) is 0 Å². The molecule has 0 radical (unpaired) electrons. The molecule has 0 aliphatic heterocycles. The van der Waals surface area contributed by atoms with Crippen molar-refractivity contribution in [3.05, 3.63) is 29.8 Å². The summed E-state index contributed by atoms with van der Waals surface area (Å²) >= 11 is 3.62. The molecule has 1 aromatic rings. The SMILES string of the molecule is Cc1cccc(N(C)CC2(CBr)CC2)c1. The van der Waals surface area contributed by atoms with Gasteiger partial charge in [-0.1, -0.05) is 28.1 Å². The van der Waals surface area contributed by atoms with Crippen molar-refractivity contribution < 1.29 is 0 Å². The monoisotopic (exact) mass is 267 g/mol. The lowest BCUT2D eigenvalue weighted by molar-refractivity contribution is 0.584. The fourth-order valence-electron chi connectivity index (χ4n) is 1.97. The predicted octanol–water partition coefficient (Wildman–Crippen LogP) is 3.61.